The molecule has 0 aliphatic heterocycles. The highest BCUT2D eigenvalue weighted by atomic mass is 32.1. The quantitative estimate of drug-likeness (QED) is 0.653. The Kier molecular flexibility index (Phi) is 1.64. The summed E-state index contributed by atoms with van der Waals surface area (Å²) in [5.74, 6) is 0. The number of H-pyrrole nitrogens is 1. The highest BCUT2D eigenvalue weighted by Gasteiger charge is 1.98. The van der Waals surface area contributed by atoms with Gasteiger partial charge in [-0.3, -0.25) is 0 Å². The maximum Gasteiger partial charge on any atom is 0.160 e. The summed E-state index contributed by atoms with van der Waals surface area (Å²) < 4.78 is 1.62. The Labute approximate surface area is 77.3 Å². The van der Waals surface area contributed by atoms with Crippen LogP contribution in [0.1, 0.15) is 5.56 Å². The maximum atomic E-state index is 8.58. The van der Waals surface area contributed by atoms with Crippen LogP contribution in [-0.4, -0.2) is 9.97 Å². The van der Waals surface area contributed by atoms with Crippen LogP contribution in [0.5, 0.6) is 0 Å². The third-order valence-corrected chi connectivity index (χ3v) is 2.58. The fourth-order valence-electron chi connectivity index (χ4n) is 0.899. The van der Waals surface area contributed by atoms with Crippen molar-refractivity contribution in [2.45, 2.75) is 0 Å². The van der Waals surface area contributed by atoms with E-state index in [2.05, 4.69) is 9.97 Å². The third-order valence-electron chi connectivity index (χ3n) is 1.40. The van der Waals surface area contributed by atoms with Gasteiger partial charge in [0.1, 0.15) is 11.7 Å². The molecule has 0 atom stereocenters. The lowest BCUT2D eigenvalue weighted by Crippen LogP contribution is -1.78. The Balaban J connectivity index is 2.85. The average Bonchev–Trinajstić information content (AvgIpc) is 2.43. The Morgan fingerprint density at radius 1 is 1.67 bits per heavy atom. The lowest BCUT2D eigenvalue weighted by molar-refractivity contribution is 1.30. The number of nitrogens with one attached hydrogen (secondary N) is 1. The number of aromatic amines is 1. The van der Waals surface area contributed by atoms with E-state index >= 15 is 0 Å². The van der Waals surface area contributed by atoms with Crippen LogP contribution in [0.3, 0.4) is 0 Å². The molecule has 3 nitrogen and oxygen atoms in total. The molecule has 0 amide bonds. The van der Waals surface area contributed by atoms with Crippen LogP contribution in [0.2, 0.25) is 0 Å². The normalized spacial score (nSPS) is 9.92. The van der Waals surface area contributed by atoms with Gasteiger partial charge in [-0.05, 0) is 18.3 Å². The molecule has 0 aliphatic rings. The van der Waals surface area contributed by atoms with Crippen molar-refractivity contribution in [3.63, 3.8) is 0 Å². The van der Waals surface area contributed by atoms with Gasteiger partial charge in [0.05, 0.1) is 10.3 Å². The number of nitriles is 1. The Morgan fingerprint density at radius 3 is 3.25 bits per heavy atom. The van der Waals surface area contributed by atoms with E-state index in [0.717, 1.165) is 10.3 Å². The Morgan fingerprint density at radius 2 is 2.50 bits per heavy atom. The summed E-state index contributed by atoms with van der Waals surface area (Å²) in [5, 5.41) is 8.58. The van der Waals surface area contributed by atoms with Gasteiger partial charge in [-0.2, -0.15) is 5.26 Å². The molecule has 2 rings (SSSR count). The minimum absolute atomic E-state index is 0.563. The molecular formula is C7H3N3S2. The second-order valence-electron chi connectivity index (χ2n) is 2.20. The van der Waals surface area contributed by atoms with Gasteiger partial charge in [0.15, 0.2) is 3.95 Å². The molecule has 12 heavy (non-hydrogen) atoms. The van der Waals surface area contributed by atoms with Crippen molar-refractivity contribution < 1.29 is 0 Å². The molecule has 0 fully saturated rings. The number of fused-ring (bicyclic) bond motifs is 1. The molecule has 0 radical (unpaired) electrons. The summed E-state index contributed by atoms with van der Waals surface area (Å²) in [6.07, 6.45) is 1.53. The highest BCUT2D eigenvalue weighted by molar-refractivity contribution is 7.73. The molecule has 0 saturated heterocycles. The van der Waals surface area contributed by atoms with Crippen LogP contribution < -0.4 is 0 Å². The molecule has 1 N–H and O–H groups in total. The van der Waals surface area contributed by atoms with Gasteiger partial charge < -0.3 is 4.98 Å². The standard InChI is InChI=1S/C7H3N3S2/c8-2-4-1-5-6(9-3-4)10-7(11)12-5/h1,3H,(H,9,10,11). The lowest BCUT2D eigenvalue weighted by Gasteiger charge is -1.86. The summed E-state index contributed by atoms with van der Waals surface area (Å²) in [6.45, 7) is 0. The van der Waals surface area contributed by atoms with Crippen LogP contribution in [0.4, 0.5) is 0 Å². The van der Waals surface area contributed by atoms with Crippen molar-refractivity contribution in [3.8, 4) is 6.07 Å². The van der Waals surface area contributed by atoms with Gasteiger partial charge in [0.25, 0.3) is 0 Å². The summed E-state index contributed by atoms with van der Waals surface area (Å²) in [6, 6.07) is 3.80. The number of hydrogen-bond acceptors (Lipinski definition) is 4. The molecule has 0 aromatic carbocycles. The topological polar surface area (TPSA) is 52.5 Å². The fraction of sp³-hybridized carbons (Fsp3) is 0. The van der Waals surface area contributed by atoms with Crippen molar-refractivity contribution in [1.82, 2.24) is 9.97 Å². The number of aromatic nitrogens is 2. The molecule has 5 heteroatoms. The van der Waals surface area contributed by atoms with Crippen molar-refractivity contribution in [3.05, 3.63) is 21.8 Å². The zero-order valence-electron chi connectivity index (χ0n) is 5.87. The van der Waals surface area contributed by atoms with E-state index in [4.69, 9.17) is 17.5 Å². The van der Waals surface area contributed by atoms with E-state index in [1.165, 1.54) is 17.5 Å². The van der Waals surface area contributed by atoms with Gasteiger partial charge in [-0.25, -0.2) is 4.98 Å². The van der Waals surface area contributed by atoms with E-state index < -0.39 is 0 Å². The van der Waals surface area contributed by atoms with Crippen LogP contribution in [0.15, 0.2) is 12.3 Å². The van der Waals surface area contributed by atoms with Crippen molar-refractivity contribution in [1.29, 1.82) is 5.26 Å². The predicted molar refractivity (Wildman–Crippen MR) is 49.5 cm³/mol. The first-order chi connectivity index (χ1) is 5.79. The molecule has 2 aromatic rings. The van der Waals surface area contributed by atoms with Gasteiger partial charge in [0, 0.05) is 6.20 Å². The van der Waals surface area contributed by atoms with Gasteiger partial charge in [0.2, 0.25) is 0 Å². The van der Waals surface area contributed by atoms with E-state index in [1.807, 2.05) is 6.07 Å². The number of hydrogen-bond donors (Lipinski definition) is 1. The molecule has 0 aliphatic carbocycles. The minimum Gasteiger partial charge on any atom is -0.322 e. The number of nitrogens with zero attached hydrogens (tertiary/aromatic N) is 2. The monoisotopic (exact) mass is 193 g/mol. The van der Waals surface area contributed by atoms with Crippen molar-refractivity contribution in [2.24, 2.45) is 0 Å². The van der Waals surface area contributed by atoms with Gasteiger partial charge >= 0.3 is 0 Å². The summed E-state index contributed by atoms with van der Waals surface area (Å²) >= 11 is 6.36. The van der Waals surface area contributed by atoms with E-state index in [9.17, 15) is 0 Å². The molecular weight excluding hydrogens is 190 g/mol. The fourth-order valence-corrected chi connectivity index (χ4v) is 2.00. The molecule has 0 unspecified atom stereocenters. The Hall–Kier alpha value is -1.25. The third kappa shape index (κ3) is 1.11. The minimum atomic E-state index is 0.563. The molecule has 0 saturated carbocycles. The molecule has 0 spiro atoms. The van der Waals surface area contributed by atoms with Gasteiger partial charge in [-0.15, -0.1) is 11.3 Å². The van der Waals surface area contributed by atoms with Crippen LogP contribution in [0, 0.1) is 15.3 Å². The Bertz CT molecular complexity index is 517. The smallest absolute Gasteiger partial charge is 0.160 e. The zero-order chi connectivity index (χ0) is 8.55. The molecule has 2 aromatic heterocycles. The maximum absolute atomic E-state index is 8.58. The predicted octanol–water partition coefficient (Wildman–Crippen LogP) is 2.23. The average molecular weight is 193 g/mol. The second kappa shape index (κ2) is 2.66. The first kappa shape index (κ1) is 7.40. The lowest BCUT2D eigenvalue weighted by atomic mass is 10.3. The first-order valence-corrected chi connectivity index (χ1v) is 4.41. The molecule has 2 heterocycles. The highest BCUT2D eigenvalue weighted by Crippen LogP contribution is 2.17. The van der Waals surface area contributed by atoms with Crippen LogP contribution in [0.25, 0.3) is 10.3 Å². The van der Waals surface area contributed by atoms with Crippen molar-refractivity contribution >= 4 is 33.9 Å². The number of pyridine rings is 1. The van der Waals surface area contributed by atoms with Crippen LogP contribution in [-0.2, 0) is 0 Å². The number of thiazole rings is 1. The summed E-state index contributed by atoms with van der Waals surface area (Å²) in [7, 11) is 0. The van der Waals surface area contributed by atoms with E-state index in [-0.39, 0.29) is 0 Å². The molecule has 0 bridgehead atoms. The number of rotatable bonds is 0. The second-order valence-corrected chi connectivity index (χ2v) is 3.92. The van der Waals surface area contributed by atoms with Crippen molar-refractivity contribution in [2.75, 3.05) is 0 Å². The largest absolute Gasteiger partial charge is 0.322 e. The molecule has 58 valence electrons. The van der Waals surface area contributed by atoms with Gasteiger partial charge in [-0.1, -0.05) is 0 Å². The SMILES string of the molecule is N#Cc1cnc2[nH]c(=S)sc2c1. The summed E-state index contributed by atoms with van der Waals surface area (Å²) in [4.78, 5) is 6.96. The first-order valence-electron chi connectivity index (χ1n) is 3.18. The summed E-state index contributed by atoms with van der Waals surface area (Å²) in [5.41, 5.74) is 1.32. The zero-order valence-corrected chi connectivity index (χ0v) is 7.50. The van der Waals surface area contributed by atoms with E-state index in [0.29, 0.717) is 9.52 Å². The van der Waals surface area contributed by atoms with E-state index in [1.54, 1.807) is 6.07 Å². The van der Waals surface area contributed by atoms with Crippen LogP contribution >= 0.6 is 23.6 Å².